The highest BCUT2D eigenvalue weighted by molar-refractivity contribution is 5.91. The van der Waals surface area contributed by atoms with Crippen molar-refractivity contribution in [3.63, 3.8) is 0 Å². The predicted molar refractivity (Wildman–Crippen MR) is 118 cm³/mol. The van der Waals surface area contributed by atoms with Gasteiger partial charge in [-0.1, -0.05) is 24.3 Å². The first kappa shape index (κ1) is 19.9. The Bertz CT molecular complexity index is 1160. The number of carbonyl (C=O) groups is 1. The summed E-state index contributed by atoms with van der Waals surface area (Å²) in [6, 6.07) is 12.1. The van der Waals surface area contributed by atoms with Gasteiger partial charge in [-0.05, 0) is 56.0 Å². The molecule has 0 aliphatic carbocycles. The summed E-state index contributed by atoms with van der Waals surface area (Å²) < 4.78 is 7.70. The lowest BCUT2D eigenvalue weighted by molar-refractivity contribution is -0.116. The third kappa shape index (κ3) is 4.13. The SMILES string of the molecule is CC(=O)Cc1ccc(CCNc2ncnc3c2c(C)c(C)n3Cc2ccco2)cc1. The van der Waals surface area contributed by atoms with Gasteiger partial charge < -0.3 is 14.3 Å². The summed E-state index contributed by atoms with van der Waals surface area (Å²) in [4.78, 5) is 20.3. The van der Waals surface area contributed by atoms with Crippen LogP contribution in [0.1, 0.15) is 35.1 Å². The summed E-state index contributed by atoms with van der Waals surface area (Å²) in [5.74, 6) is 1.94. The molecule has 0 aliphatic rings. The van der Waals surface area contributed by atoms with Crippen LogP contribution in [0, 0.1) is 13.8 Å². The van der Waals surface area contributed by atoms with Crippen LogP contribution >= 0.6 is 0 Å². The number of benzene rings is 1. The predicted octanol–water partition coefficient (Wildman–Crippen LogP) is 4.48. The second-order valence-electron chi connectivity index (χ2n) is 7.67. The molecule has 1 aromatic carbocycles. The number of hydrogen-bond donors (Lipinski definition) is 1. The monoisotopic (exact) mass is 402 g/mol. The highest BCUT2D eigenvalue weighted by atomic mass is 16.3. The van der Waals surface area contributed by atoms with E-state index in [2.05, 4.69) is 45.8 Å². The lowest BCUT2D eigenvalue weighted by Gasteiger charge is -2.09. The van der Waals surface area contributed by atoms with Crippen LogP contribution in [0.3, 0.4) is 0 Å². The molecule has 6 nitrogen and oxygen atoms in total. The third-order valence-electron chi connectivity index (χ3n) is 5.48. The van der Waals surface area contributed by atoms with Gasteiger partial charge in [-0.2, -0.15) is 0 Å². The molecular formula is C24H26N4O2. The maximum atomic E-state index is 11.2. The molecule has 0 bridgehead atoms. The molecule has 0 unspecified atom stereocenters. The molecule has 30 heavy (non-hydrogen) atoms. The van der Waals surface area contributed by atoms with Crippen LogP contribution in [0.5, 0.6) is 0 Å². The molecule has 154 valence electrons. The zero-order valence-corrected chi connectivity index (χ0v) is 17.6. The van der Waals surface area contributed by atoms with Crippen molar-refractivity contribution in [1.82, 2.24) is 14.5 Å². The number of ketones is 1. The van der Waals surface area contributed by atoms with Crippen molar-refractivity contribution in [3.8, 4) is 0 Å². The van der Waals surface area contributed by atoms with E-state index in [1.54, 1.807) is 19.5 Å². The molecule has 0 atom stereocenters. The summed E-state index contributed by atoms with van der Waals surface area (Å²) in [7, 11) is 0. The minimum Gasteiger partial charge on any atom is -0.467 e. The van der Waals surface area contributed by atoms with Crippen LogP contribution in [0.25, 0.3) is 11.0 Å². The largest absolute Gasteiger partial charge is 0.467 e. The maximum absolute atomic E-state index is 11.2. The molecule has 3 aromatic heterocycles. The fraction of sp³-hybridized carbons (Fsp3) is 0.292. The van der Waals surface area contributed by atoms with Crippen LogP contribution in [-0.4, -0.2) is 26.9 Å². The first-order valence-corrected chi connectivity index (χ1v) is 10.2. The van der Waals surface area contributed by atoms with Gasteiger partial charge in [0.05, 0.1) is 18.2 Å². The first-order valence-electron chi connectivity index (χ1n) is 10.2. The lowest BCUT2D eigenvalue weighted by atomic mass is 10.1. The van der Waals surface area contributed by atoms with Crippen molar-refractivity contribution in [1.29, 1.82) is 0 Å². The lowest BCUT2D eigenvalue weighted by Crippen LogP contribution is -2.08. The van der Waals surface area contributed by atoms with Crippen molar-refractivity contribution in [2.45, 2.75) is 40.2 Å². The molecule has 0 spiro atoms. The van der Waals surface area contributed by atoms with Gasteiger partial charge in [0.25, 0.3) is 0 Å². The van der Waals surface area contributed by atoms with Crippen molar-refractivity contribution in [3.05, 3.63) is 77.1 Å². The van der Waals surface area contributed by atoms with Gasteiger partial charge in [-0.15, -0.1) is 0 Å². The van der Waals surface area contributed by atoms with Crippen LogP contribution in [-0.2, 0) is 24.2 Å². The van der Waals surface area contributed by atoms with E-state index >= 15 is 0 Å². The second kappa shape index (κ2) is 8.53. The number of nitrogens with one attached hydrogen (secondary N) is 1. The average Bonchev–Trinajstić information content (AvgIpc) is 3.32. The number of anilines is 1. The number of aromatic nitrogens is 3. The van der Waals surface area contributed by atoms with E-state index in [-0.39, 0.29) is 5.78 Å². The average molecular weight is 402 g/mol. The third-order valence-corrected chi connectivity index (χ3v) is 5.48. The van der Waals surface area contributed by atoms with Crippen LogP contribution < -0.4 is 5.32 Å². The van der Waals surface area contributed by atoms with Crippen molar-refractivity contribution < 1.29 is 9.21 Å². The maximum Gasteiger partial charge on any atom is 0.146 e. The van der Waals surface area contributed by atoms with E-state index in [1.165, 1.54) is 11.1 Å². The van der Waals surface area contributed by atoms with Gasteiger partial charge in [-0.3, -0.25) is 4.79 Å². The summed E-state index contributed by atoms with van der Waals surface area (Å²) in [6.45, 7) is 7.24. The number of aryl methyl sites for hydroxylation is 1. The van der Waals surface area contributed by atoms with Gasteiger partial charge in [0.1, 0.15) is 29.3 Å². The number of fused-ring (bicyclic) bond motifs is 1. The first-order chi connectivity index (χ1) is 14.5. The minimum absolute atomic E-state index is 0.182. The van der Waals surface area contributed by atoms with Gasteiger partial charge in [0.2, 0.25) is 0 Å². The molecule has 0 saturated heterocycles. The Hall–Kier alpha value is -3.41. The second-order valence-corrected chi connectivity index (χ2v) is 7.67. The van der Waals surface area contributed by atoms with Gasteiger partial charge in [-0.25, -0.2) is 9.97 Å². The zero-order valence-electron chi connectivity index (χ0n) is 17.6. The smallest absolute Gasteiger partial charge is 0.146 e. The van der Waals surface area contributed by atoms with Gasteiger partial charge in [0.15, 0.2) is 0 Å². The number of nitrogens with zero attached hydrogens (tertiary/aromatic N) is 3. The summed E-state index contributed by atoms with van der Waals surface area (Å²) >= 11 is 0. The summed E-state index contributed by atoms with van der Waals surface area (Å²) in [5.41, 5.74) is 5.52. The summed E-state index contributed by atoms with van der Waals surface area (Å²) in [6.07, 6.45) is 4.67. The van der Waals surface area contributed by atoms with Crippen molar-refractivity contribution in [2.75, 3.05) is 11.9 Å². The van der Waals surface area contributed by atoms with E-state index in [0.717, 1.165) is 46.8 Å². The van der Waals surface area contributed by atoms with Crippen molar-refractivity contribution in [2.24, 2.45) is 0 Å². The van der Waals surface area contributed by atoms with E-state index in [1.807, 2.05) is 24.3 Å². The Balaban J connectivity index is 1.50. The van der Waals surface area contributed by atoms with E-state index < -0.39 is 0 Å². The van der Waals surface area contributed by atoms with Gasteiger partial charge in [0, 0.05) is 18.7 Å². The van der Waals surface area contributed by atoms with E-state index in [9.17, 15) is 4.79 Å². The van der Waals surface area contributed by atoms with E-state index in [0.29, 0.717) is 13.0 Å². The Morgan fingerprint density at radius 3 is 2.57 bits per heavy atom. The Kier molecular flexibility index (Phi) is 5.65. The summed E-state index contributed by atoms with van der Waals surface area (Å²) in [5, 5.41) is 4.54. The molecule has 0 radical (unpaired) electrons. The molecule has 4 rings (SSSR count). The fourth-order valence-corrected chi connectivity index (χ4v) is 3.79. The fourth-order valence-electron chi connectivity index (χ4n) is 3.79. The Morgan fingerprint density at radius 1 is 1.10 bits per heavy atom. The number of carbonyl (C=O) groups excluding carboxylic acids is 1. The standard InChI is InChI=1S/C24H26N4O2/c1-16(29)13-20-8-6-19(7-9-20)10-11-25-23-22-17(2)18(3)28(24(22)27-15-26-23)14-21-5-4-12-30-21/h4-9,12,15H,10-11,13-14H2,1-3H3,(H,25,26,27). The number of rotatable bonds is 8. The molecule has 3 heterocycles. The molecule has 0 aliphatic heterocycles. The highest BCUT2D eigenvalue weighted by Crippen LogP contribution is 2.29. The molecule has 4 aromatic rings. The number of hydrogen-bond acceptors (Lipinski definition) is 5. The highest BCUT2D eigenvalue weighted by Gasteiger charge is 2.17. The Morgan fingerprint density at radius 2 is 1.87 bits per heavy atom. The number of furan rings is 1. The molecular weight excluding hydrogens is 376 g/mol. The molecule has 0 fully saturated rings. The topological polar surface area (TPSA) is 73.0 Å². The van der Waals surface area contributed by atoms with Crippen molar-refractivity contribution >= 4 is 22.6 Å². The molecule has 0 saturated carbocycles. The molecule has 1 N–H and O–H groups in total. The van der Waals surface area contributed by atoms with Crippen LogP contribution in [0.15, 0.2) is 53.4 Å². The zero-order chi connectivity index (χ0) is 21.1. The number of Topliss-reactive ketones (excluding diaryl/α,β-unsaturated/α-hetero) is 1. The van der Waals surface area contributed by atoms with Crippen LogP contribution in [0.4, 0.5) is 5.82 Å². The molecule has 6 heteroatoms. The molecule has 0 amide bonds. The van der Waals surface area contributed by atoms with E-state index in [4.69, 9.17) is 4.42 Å². The normalized spacial score (nSPS) is 11.2. The minimum atomic E-state index is 0.182. The quantitative estimate of drug-likeness (QED) is 0.471. The van der Waals surface area contributed by atoms with Gasteiger partial charge >= 0.3 is 0 Å². The van der Waals surface area contributed by atoms with Crippen LogP contribution in [0.2, 0.25) is 0 Å². The Labute approximate surface area is 176 Å².